The maximum atomic E-state index is 12.9. The van der Waals surface area contributed by atoms with Crippen molar-refractivity contribution in [2.45, 2.75) is 18.9 Å². The standard InChI is InChI=1S/C28H26N4O2S/c33-26(31-16-13-24(14-17-31)29-28(34)23-15-18-35-20-23)12-11-22-19-32(25-9-5-2-6-10-25)30-27(22)21-7-3-1-4-8-21/h1-12,15,18-20,24H,13-14,16-17H2,(H,29,34)/b12-11+. The van der Waals surface area contributed by atoms with Crippen molar-refractivity contribution in [3.05, 3.63) is 101 Å². The molecule has 0 spiro atoms. The number of nitrogens with one attached hydrogen (secondary N) is 1. The number of nitrogens with zero attached hydrogens (tertiary/aromatic N) is 3. The van der Waals surface area contributed by atoms with Gasteiger partial charge in [-0.15, -0.1) is 0 Å². The van der Waals surface area contributed by atoms with Gasteiger partial charge in [0.2, 0.25) is 5.91 Å². The normalized spacial score (nSPS) is 14.3. The van der Waals surface area contributed by atoms with Gasteiger partial charge >= 0.3 is 0 Å². The molecule has 1 fully saturated rings. The Morgan fingerprint density at radius 1 is 0.971 bits per heavy atom. The summed E-state index contributed by atoms with van der Waals surface area (Å²) in [5.74, 6) is -0.0705. The Morgan fingerprint density at radius 2 is 1.69 bits per heavy atom. The largest absolute Gasteiger partial charge is 0.349 e. The summed E-state index contributed by atoms with van der Waals surface area (Å²) in [5, 5.41) is 11.6. The number of benzene rings is 2. The number of hydrogen-bond acceptors (Lipinski definition) is 4. The fraction of sp³-hybridized carbons (Fsp3) is 0.179. The van der Waals surface area contributed by atoms with Gasteiger partial charge in [0.15, 0.2) is 0 Å². The molecule has 176 valence electrons. The van der Waals surface area contributed by atoms with E-state index in [1.165, 1.54) is 11.3 Å². The highest BCUT2D eigenvalue weighted by molar-refractivity contribution is 7.08. The summed E-state index contributed by atoms with van der Waals surface area (Å²) in [6.45, 7) is 1.24. The molecule has 1 N–H and O–H groups in total. The van der Waals surface area contributed by atoms with E-state index >= 15 is 0 Å². The van der Waals surface area contributed by atoms with Crippen LogP contribution < -0.4 is 5.32 Å². The Kier molecular flexibility index (Phi) is 6.86. The van der Waals surface area contributed by atoms with Crippen LogP contribution in [0.1, 0.15) is 28.8 Å². The van der Waals surface area contributed by atoms with E-state index in [9.17, 15) is 9.59 Å². The summed E-state index contributed by atoms with van der Waals surface area (Å²) in [6, 6.07) is 21.8. The van der Waals surface area contributed by atoms with E-state index in [-0.39, 0.29) is 17.9 Å². The van der Waals surface area contributed by atoms with Crippen molar-refractivity contribution < 1.29 is 9.59 Å². The lowest BCUT2D eigenvalue weighted by molar-refractivity contribution is -0.126. The summed E-state index contributed by atoms with van der Waals surface area (Å²) in [5.41, 5.74) is 4.36. The number of likely N-dealkylation sites (tertiary alicyclic amines) is 1. The number of aromatic nitrogens is 2. The van der Waals surface area contributed by atoms with Crippen LogP contribution >= 0.6 is 11.3 Å². The first-order valence-electron chi connectivity index (χ1n) is 11.7. The Labute approximate surface area is 208 Å². The van der Waals surface area contributed by atoms with Crippen molar-refractivity contribution in [1.82, 2.24) is 20.0 Å². The molecule has 0 radical (unpaired) electrons. The number of rotatable bonds is 6. The molecule has 1 aliphatic heterocycles. The summed E-state index contributed by atoms with van der Waals surface area (Å²) in [6.07, 6.45) is 6.92. The average Bonchev–Trinajstić information content (AvgIpc) is 3.60. The van der Waals surface area contributed by atoms with E-state index in [1.807, 2.05) is 99.3 Å². The highest BCUT2D eigenvalue weighted by Crippen LogP contribution is 2.25. The SMILES string of the molecule is O=C(NC1CCN(C(=O)/C=C/c2cn(-c3ccccc3)nc2-c2ccccc2)CC1)c1ccsc1. The van der Waals surface area contributed by atoms with Crippen LogP contribution in [0.4, 0.5) is 0 Å². The number of amides is 2. The van der Waals surface area contributed by atoms with Crippen LogP contribution in [0.25, 0.3) is 23.0 Å². The van der Waals surface area contributed by atoms with E-state index in [0.29, 0.717) is 18.7 Å². The van der Waals surface area contributed by atoms with E-state index in [1.54, 1.807) is 6.08 Å². The molecule has 4 aromatic rings. The van der Waals surface area contributed by atoms with Gasteiger partial charge in [-0.1, -0.05) is 48.5 Å². The van der Waals surface area contributed by atoms with Gasteiger partial charge in [0.25, 0.3) is 5.91 Å². The monoisotopic (exact) mass is 482 g/mol. The van der Waals surface area contributed by atoms with Gasteiger partial charge in [-0.3, -0.25) is 9.59 Å². The molecule has 7 heteroatoms. The number of carbonyl (C=O) groups excluding carboxylic acids is 2. The van der Waals surface area contributed by atoms with Crippen LogP contribution in [0.3, 0.4) is 0 Å². The predicted octanol–water partition coefficient (Wildman–Crippen LogP) is 5.04. The summed E-state index contributed by atoms with van der Waals surface area (Å²) >= 11 is 1.51. The first kappa shape index (κ1) is 22.8. The minimum absolute atomic E-state index is 0.0286. The van der Waals surface area contributed by atoms with Crippen molar-refractivity contribution in [2.75, 3.05) is 13.1 Å². The van der Waals surface area contributed by atoms with Crippen LogP contribution in [0, 0.1) is 0 Å². The molecule has 0 unspecified atom stereocenters. The van der Waals surface area contributed by atoms with Crippen molar-refractivity contribution in [3.63, 3.8) is 0 Å². The zero-order chi connectivity index (χ0) is 24.0. The Bertz CT molecular complexity index is 1310. The van der Waals surface area contributed by atoms with Crippen molar-refractivity contribution >= 4 is 29.2 Å². The third-order valence-electron chi connectivity index (χ3n) is 6.14. The van der Waals surface area contributed by atoms with E-state index < -0.39 is 0 Å². The topological polar surface area (TPSA) is 67.2 Å². The molecule has 1 aliphatic rings. The van der Waals surface area contributed by atoms with Gasteiger partial charge in [0.05, 0.1) is 11.4 Å². The third kappa shape index (κ3) is 5.41. The summed E-state index contributed by atoms with van der Waals surface area (Å²) in [4.78, 5) is 27.1. The van der Waals surface area contributed by atoms with Gasteiger partial charge in [0.1, 0.15) is 0 Å². The van der Waals surface area contributed by atoms with Crippen molar-refractivity contribution in [1.29, 1.82) is 0 Å². The second-order valence-corrected chi connectivity index (χ2v) is 9.28. The Balaban J connectivity index is 1.27. The molecule has 1 saturated heterocycles. The molecule has 0 bridgehead atoms. The maximum Gasteiger partial charge on any atom is 0.252 e. The predicted molar refractivity (Wildman–Crippen MR) is 139 cm³/mol. The Morgan fingerprint density at radius 3 is 2.37 bits per heavy atom. The molecular formula is C28H26N4O2S. The van der Waals surface area contributed by atoms with Crippen molar-refractivity contribution in [2.24, 2.45) is 0 Å². The summed E-state index contributed by atoms with van der Waals surface area (Å²) < 4.78 is 1.84. The molecule has 0 aliphatic carbocycles. The second kappa shape index (κ2) is 10.5. The number of carbonyl (C=O) groups is 2. The minimum atomic E-state index is -0.0419. The highest BCUT2D eigenvalue weighted by atomic mass is 32.1. The zero-order valence-corrected chi connectivity index (χ0v) is 20.0. The molecule has 2 aromatic carbocycles. The van der Waals surface area contributed by atoms with Gasteiger partial charge in [-0.05, 0) is 42.5 Å². The first-order valence-corrected chi connectivity index (χ1v) is 12.6. The fourth-order valence-electron chi connectivity index (χ4n) is 4.22. The number of piperidine rings is 1. The molecular weight excluding hydrogens is 456 g/mol. The minimum Gasteiger partial charge on any atom is -0.349 e. The van der Waals surface area contributed by atoms with Crippen LogP contribution in [-0.4, -0.2) is 45.6 Å². The Hall–Kier alpha value is -3.97. The first-order chi connectivity index (χ1) is 17.2. The van der Waals surface area contributed by atoms with Crippen molar-refractivity contribution in [3.8, 4) is 16.9 Å². The molecule has 0 saturated carbocycles. The van der Waals surface area contributed by atoms with Crippen LogP contribution in [0.2, 0.25) is 0 Å². The lowest BCUT2D eigenvalue weighted by Gasteiger charge is -2.31. The van der Waals surface area contributed by atoms with Gasteiger partial charge < -0.3 is 10.2 Å². The maximum absolute atomic E-state index is 12.9. The average molecular weight is 483 g/mol. The second-order valence-electron chi connectivity index (χ2n) is 8.50. The van der Waals surface area contributed by atoms with E-state index in [0.717, 1.165) is 35.3 Å². The summed E-state index contributed by atoms with van der Waals surface area (Å²) in [7, 11) is 0. The van der Waals surface area contributed by atoms with Crippen LogP contribution in [-0.2, 0) is 4.79 Å². The molecule has 0 atom stereocenters. The van der Waals surface area contributed by atoms with E-state index in [4.69, 9.17) is 5.10 Å². The van der Waals surface area contributed by atoms with Gasteiger partial charge in [-0.2, -0.15) is 16.4 Å². The molecule has 2 amide bonds. The van der Waals surface area contributed by atoms with Crippen LogP contribution in [0.15, 0.2) is 89.8 Å². The lowest BCUT2D eigenvalue weighted by Crippen LogP contribution is -2.46. The number of hydrogen-bond donors (Lipinski definition) is 1. The van der Waals surface area contributed by atoms with Gasteiger partial charge in [-0.25, -0.2) is 4.68 Å². The fourth-order valence-corrected chi connectivity index (χ4v) is 4.85. The van der Waals surface area contributed by atoms with Crippen LogP contribution in [0.5, 0.6) is 0 Å². The number of thiophene rings is 1. The lowest BCUT2D eigenvalue weighted by atomic mass is 10.0. The number of para-hydroxylation sites is 1. The molecule has 35 heavy (non-hydrogen) atoms. The van der Waals surface area contributed by atoms with Gasteiger partial charge in [0, 0.05) is 53.5 Å². The smallest absolute Gasteiger partial charge is 0.252 e. The highest BCUT2D eigenvalue weighted by Gasteiger charge is 2.23. The zero-order valence-electron chi connectivity index (χ0n) is 19.2. The molecule has 2 aromatic heterocycles. The molecule has 5 rings (SSSR count). The third-order valence-corrected chi connectivity index (χ3v) is 6.82. The molecule has 6 nitrogen and oxygen atoms in total. The quantitative estimate of drug-likeness (QED) is 0.392. The van der Waals surface area contributed by atoms with E-state index in [2.05, 4.69) is 5.32 Å². The molecule has 3 heterocycles.